The van der Waals surface area contributed by atoms with Gasteiger partial charge in [0.2, 0.25) is 17.8 Å². The monoisotopic (exact) mass is 692 g/mol. The summed E-state index contributed by atoms with van der Waals surface area (Å²) in [5, 5.41) is 28.5. The third kappa shape index (κ3) is 6.28. The van der Waals surface area contributed by atoms with Gasteiger partial charge in [-0.2, -0.15) is 0 Å². The van der Waals surface area contributed by atoms with Crippen molar-refractivity contribution in [2.75, 3.05) is 51.8 Å². The van der Waals surface area contributed by atoms with Crippen LogP contribution in [-0.4, -0.2) is 125 Å². The second-order valence-electron chi connectivity index (χ2n) is 15.0. The van der Waals surface area contributed by atoms with Crippen molar-refractivity contribution in [2.24, 2.45) is 32.7 Å². The number of carbonyl (C=O) groups excluding carboxylic acids is 2. The van der Waals surface area contributed by atoms with Crippen LogP contribution in [0.25, 0.3) is 6.08 Å². The van der Waals surface area contributed by atoms with Crippen LogP contribution in [-0.2, 0) is 23.8 Å². The van der Waals surface area contributed by atoms with Gasteiger partial charge in [-0.05, 0) is 62.0 Å². The fourth-order valence-corrected chi connectivity index (χ4v) is 9.41. The maximum Gasteiger partial charge on any atom is 0.341 e. The van der Waals surface area contributed by atoms with E-state index in [-0.39, 0.29) is 47.7 Å². The van der Waals surface area contributed by atoms with Gasteiger partial charge in [0.05, 0.1) is 50.7 Å². The third-order valence-electron chi connectivity index (χ3n) is 12.2. The highest BCUT2D eigenvalue weighted by Gasteiger charge is 2.71. The number of allylic oxidation sites excluding steroid dienone is 1. The van der Waals surface area contributed by atoms with Crippen molar-refractivity contribution in [3.05, 3.63) is 35.4 Å². The normalized spacial score (nSPS) is 37.2. The van der Waals surface area contributed by atoms with Gasteiger partial charge in [-0.15, -0.1) is 0 Å². The fraction of sp³-hybridized carbons (Fsp3) is 0.657. The number of nitrogen functional groups attached to an aromatic ring is 1. The number of hydrogen-bond acceptors (Lipinski definition) is 14. The molecule has 270 valence electrons. The summed E-state index contributed by atoms with van der Waals surface area (Å²) >= 11 is 0. The van der Waals surface area contributed by atoms with Crippen molar-refractivity contribution in [3.63, 3.8) is 0 Å². The maximum absolute atomic E-state index is 13.7. The van der Waals surface area contributed by atoms with E-state index in [1.54, 1.807) is 37.7 Å². The van der Waals surface area contributed by atoms with Crippen molar-refractivity contribution >= 4 is 36.1 Å². The van der Waals surface area contributed by atoms with E-state index in [1.165, 1.54) is 0 Å². The van der Waals surface area contributed by atoms with Crippen LogP contribution in [0, 0.1) is 22.7 Å². The van der Waals surface area contributed by atoms with Gasteiger partial charge in [0.1, 0.15) is 11.4 Å². The number of morpholine rings is 1. The van der Waals surface area contributed by atoms with E-state index < -0.39 is 35.2 Å². The molecule has 6 unspecified atom stereocenters. The van der Waals surface area contributed by atoms with E-state index in [1.807, 2.05) is 6.92 Å². The van der Waals surface area contributed by atoms with Crippen LogP contribution < -0.4 is 16.4 Å². The number of epoxide rings is 1. The molecule has 4 aliphatic heterocycles. The summed E-state index contributed by atoms with van der Waals surface area (Å²) in [6.07, 6.45) is 9.92. The maximum atomic E-state index is 13.7. The van der Waals surface area contributed by atoms with Crippen LogP contribution in [0.4, 0.5) is 5.95 Å². The number of guanidine groups is 1. The topological polar surface area (TPSA) is 209 Å². The molecule has 2 saturated heterocycles. The first kappa shape index (κ1) is 34.8. The van der Waals surface area contributed by atoms with Gasteiger partial charge in [0.15, 0.2) is 0 Å². The van der Waals surface area contributed by atoms with Gasteiger partial charge < -0.3 is 30.2 Å². The van der Waals surface area contributed by atoms with E-state index in [4.69, 9.17) is 19.9 Å². The van der Waals surface area contributed by atoms with Crippen LogP contribution in [0.2, 0.25) is 0 Å². The zero-order chi connectivity index (χ0) is 35.3. The molecule has 5 heterocycles. The minimum Gasteiger partial charge on any atom is -0.423 e. The molecule has 1 amide bonds. The van der Waals surface area contributed by atoms with Gasteiger partial charge in [0.25, 0.3) is 0 Å². The number of aliphatic imine (C=N–C) groups is 2. The SMILES string of the molecule is CC(NC(CC1C2(CO2)C(N2CCOCC2)CC2[C@]1(C)CC[C@@H](O)[C@@]2(C)CO)C1=C/C(=C\c2cnc(N)nc2)OC1=O)C(=O)NC1=NCC=N1. The van der Waals surface area contributed by atoms with Crippen LogP contribution in [0.1, 0.15) is 52.0 Å². The van der Waals surface area contributed by atoms with Crippen LogP contribution in [0.15, 0.2) is 39.8 Å². The molecular formula is C35H48N8O7. The molecule has 2 aliphatic carbocycles. The minimum atomic E-state index is -0.736. The molecule has 0 aromatic carbocycles. The standard InChI is InChI=1S/C35H48N8O7/c1-20(29(46)42-32-37-6-7-38-32)41-24(23-13-22(50-30(23)47)12-21-16-39-31(36)40-17-21)14-26-33(2)5-4-28(45)34(3,18-44)25(33)15-27(35(26)19-49-35)43-8-10-48-11-9-43/h6,12-13,16-17,20,24-28,41,44-45H,4-5,7-11,14-15,18-19H2,1-3H3,(H2,36,39,40)(H,38,42,46)/b22-12+/t20?,24?,25?,26?,27?,28-,33+,34+,35?/m1/s1. The van der Waals surface area contributed by atoms with Gasteiger partial charge in [-0.25, -0.2) is 24.7 Å². The molecule has 4 fully saturated rings. The Kier molecular flexibility index (Phi) is 9.41. The summed E-state index contributed by atoms with van der Waals surface area (Å²) in [4.78, 5) is 45.9. The first-order valence-electron chi connectivity index (χ1n) is 17.6. The molecule has 6 N–H and O–H groups in total. The van der Waals surface area contributed by atoms with Crippen molar-refractivity contribution in [1.29, 1.82) is 0 Å². The number of nitrogens with zero attached hydrogens (tertiary/aromatic N) is 5. The van der Waals surface area contributed by atoms with Crippen molar-refractivity contribution in [3.8, 4) is 0 Å². The molecule has 1 aromatic heterocycles. The first-order chi connectivity index (χ1) is 24.0. The van der Waals surface area contributed by atoms with Crippen LogP contribution >= 0.6 is 0 Å². The van der Waals surface area contributed by atoms with E-state index in [0.29, 0.717) is 56.1 Å². The summed E-state index contributed by atoms with van der Waals surface area (Å²) in [6.45, 7) is 9.60. The molecule has 1 spiro atoms. The first-order valence-corrected chi connectivity index (χ1v) is 17.6. The summed E-state index contributed by atoms with van der Waals surface area (Å²) in [7, 11) is 0. The number of ether oxygens (including phenoxy) is 3. The minimum absolute atomic E-state index is 0.0238. The smallest absolute Gasteiger partial charge is 0.341 e. The van der Waals surface area contributed by atoms with Crippen LogP contribution in [0.5, 0.6) is 0 Å². The number of esters is 1. The molecule has 1 aromatic rings. The number of rotatable bonds is 9. The Morgan fingerprint density at radius 1 is 1.24 bits per heavy atom. The van der Waals surface area contributed by atoms with Crippen molar-refractivity contribution < 1.29 is 34.0 Å². The molecule has 9 atom stereocenters. The summed E-state index contributed by atoms with van der Waals surface area (Å²) in [5.74, 6) is -0.293. The van der Waals surface area contributed by atoms with Crippen LogP contribution in [0.3, 0.4) is 0 Å². The molecule has 15 nitrogen and oxygen atoms in total. The van der Waals surface area contributed by atoms with Crippen molar-refractivity contribution in [2.45, 2.75) is 76.3 Å². The zero-order valence-electron chi connectivity index (χ0n) is 28.9. The molecule has 7 rings (SSSR count). The average Bonchev–Trinajstić information content (AvgIpc) is 3.53. The number of hydrogen-bond donors (Lipinski definition) is 5. The highest BCUT2D eigenvalue weighted by Crippen LogP contribution is 2.67. The number of amides is 1. The quantitative estimate of drug-likeness (QED) is 0.176. The lowest BCUT2D eigenvalue weighted by molar-refractivity contribution is -0.197. The lowest BCUT2D eigenvalue weighted by Gasteiger charge is -2.64. The number of fused-ring (bicyclic) bond motifs is 1. The van der Waals surface area contributed by atoms with E-state index in [0.717, 1.165) is 25.9 Å². The van der Waals surface area contributed by atoms with E-state index in [2.05, 4.69) is 42.4 Å². The predicted octanol–water partition coefficient (Wildman–Crippen LogP) is 0.442. The summed E-state index contributed by atoms with van der Waals surface area (Å²) < 4.78 is 18.1. The Bertz CT molecular complexity index is 1600. The third-order valence-corrected chi connectivity index (χ3v) is 12.2. The molecule has 2 saturated carbocycles. The zero-order valence-corrected chi connectivity index (χ0v) is 28.9. The van der Waals surface area contributed by atoms with E-state index >= 15 is 0 Å². The Labute approximate surface area is 291 Å². The van der Waals surface area contributed by atoms with Gasteiger partial charge in [0, 0.05) is 54.8 Å². The highest BCUT2D eigenvalue weighted by molar-refractivity contribution is 6.04. The number of aromatic nitrogens is 2. The Hall–Kier alpha value is -3.60. The van der Waals surface area contributed by atoms with Gasteiger partial charge in [-0.1, -0.05) is 13.8 Å². The highest BCUT2D eigenvalue weighted by atomic mass is 16.6. The summed E-state index contributed by atoms with van der Waals surface area (Å²) in [6, 6.07) is -1.33. The number of aliphatic hydroxyl groups excluding tert-OH is 2. The molecular weight excluding hydrogens is 644 g/mol. The largest absolute Gasteiger partial charge is 0.423 e. The Balaban J connectivity index is 1.27. The molecule has 0 radical (unpaired) electrons. The fourth-order valence-electron chi connectivity index (χ4n) is 9.41. The predicted molar refractivity (Wildman–Crippen MR) is 184 cm³/mol. The van der Waals surface area contributed by atoms with E-state index in [9.17, 15) is 19.8 Å². The average molecular weight is 693 g/mol. The second-order valence-corrected chi connectivity index (χ2v) is 15.0. The second kappa shape index (κ2) is 13.5. The summed E-state index contributed by atoms with van der Waals surface area (Å²) in [5.41, 5.74) is 5.05. The number of nitrogens with two attached hydrogens (primary N) is 1. The van der Waals surface area contributed by atoms with Crippen molar-refractivity contribution in [1.82, 2.24) is 25.5 Å². The van der Waals surface area contributed by atoms with Gasteiger partial charge in [-0.3, -0.25) is 20.3 Å². The number of nitrogens with one attached hydrogen (secondary N) is 2. The number of carbonyl (C=O) groups is 2. The molecule has 50 heavy (non-hydrogen) atoms. The molecule has 6 aliphatic rings. The Morgan fingerprint density at radius 3 is 2.64 bits per heavy atom. The number of aliphatic hydroxyl groups is 2. The molecule has 15 heteroatoms. The lowest BCUT2D eigenvalue weighted by Crippen LogP contribution is -2.68. The van der Waals surface area contributed by atoms with Gasteiger partial charge >= 0.3 is 5.97 Å². The number of anilines is 1. The number of cyclic esters (lactones) is 1. The Morgan fingerprint density at radius 2 is 1.98 bits per heavy atom. The lowest BCUT2D eigenvalue weighted by atomic mass is 9.43. The molecule has 0 bridgehead atoms.